The minimum Gasteiger partial charge on any atom is -0.380 e. The van der Waals surface area contributed by atoms with Crippen LogP contribution in [0.1, 0.15) is 5.56 Å². The topological polar surface area (TPSA) is 24.9 Å². The normalized spacial score (nSPS) is 10.7. The van der Waals surface area contributed by atoms with Crippen LogP contribution in [0.15, 0.2) is 59.2 Å². The zero-order valence-electron chi connectivity index (χ0n) is 10.6. The molecular formula is C16H12BrFN2. The van der Waals surface area contributed by atoms with Crippen LogP contribution in [0.2, 0.25) is 0 Å². The molecule has 0 atom stereocenters. The number of nitrogens with zero attached hydrogens (tertiary/aromatic N) is 1. The highest BCUT2D eigenvalue weighted by Crippen LogP contribution is 2.22. The second kappa shape index (κ2) is 5.59. The maximum absolute atomic E-state index is 13.7. The fraction of sp³-hybridized carbons (Fsp3) is 0.0625. The second-order valence-electron chi connectivity index (χ2n) is 4.46. The number of benzene rings is 2. The predicted octanol–water partition coefficient (Wildman–Crippen LogP) is 4.75. The molecule has 20 heavy (non-hydrogen) atoms. The van der Waals surface area contributed by atoms with Crippen molar-refractivity contribution in [2.24, 2.45) is 0 Å². The van der Waals surface area contributed by atoms with E-state index in [9.17, 15) is 4.39 Å². The summed E-state index contributed by atoms with van der Waals surface area (Å²) < 4.78 is 14.6. The lowest BCUT2D eigenvalue weighted by Gasteiger charge is -2.10. The number of rotatable bonds is 3. The standard InChI is InChI=1S/C16H12BrFN2/c17-12-5-6-14(18)11(9-12)10-20-16-7-8-19-15-4-2-1-3-13(15)16/h1-9H,10H2,(H,19,20). The number of nitrogens with one attached hydrogen (secondary N) is 1. The molecule has 3 rings (SSSR count). The fourth-order valence-corrected chi connectivity index (χ4v) is 2.53. The molecule has 3 aromatic rings. The molecule has 1 heterocycles. The summed E-state index contributed by atoms with van der Waals surface area (Å²) in [6, 6.07) is 14.7. The first kappa shape index (κ1) is 13.1. The van der Waals surface area contributed by atoms with Gasteiger partial charge >= 0.3 is 0 Å². The van der Waals surface area contributed by atoms with E-state index in [-0.39, 0.29) is 5.82 Å². The average Bonchev–Trinajstić information content (AvgIpc) is 2.48. The number of anilines is 1. The third-order valence-electron chi connectivity index (χ3n) is 3.13. The highest BCUT2D eigenvalue weighted by Gasteiger charge is 2.05. The van der Waals surface area contributed by atoms with Gasteiger partial charge < -0.3 is 5.32 Å². The molecule has 4 heteroatoms. The summed E-state index contributed by atoms with van der Waals surface area (Å²) in [6.07, 6.45) is 1.75. The van der Waals surface area contributed by atoms with Crippen LogP contribution in [0, 0.1) is 5.82 Å². The second-order valence-corrected chi connectivity index (χ2v) is 5.38. The van der Waals surface area contributed by atoms with Gasteiger partial charge in [0.1, 0.15) is 5.82 Å². The number of para-hydroxylation sites is 1. The molecule has 100 valence electrons. The molecule has 0 radical (unpaired) electrons. The zero-order chi connectivity index (χ0) is 13.9. The van der Waals surface area contributed by atoms with Crippen LogP contribution in [0.3, 0.4) is 0 Å². The number of fused-ring (bicyclic) bond motifs is 1. The molecule has 1 aromatic heterocycles. The molecule has 0 aliphatic carbocycles. The predicted molar refractivity (Wildman–Crippen MR) is 83.2 cm³/mol. The Hall–Kier alpha value is -1.94. The van der Waals surface area contributed by atoms with Gasteiger partial charge in [0.15, 0.2) is 0 Å². The lowest BCUT2D eigenvalue weighted by molar-refractivity contribution is 0.612. The zero-order valence-corrected chi connectivity index (χ0v) is 12.2. The summed E-state index contributed by atoms with van der Waals surface area (Å²) in [5, 5.41) is 4.30. The molecule has 0 saturated heterocycles. The Morgan fingerprint density at radius 3 is 2.85 bits per heavy atom. The number of halogens is 2. The molecule has 0 saturated carbocycles. The van der Waals surface area contributed by atoms with Gasteiger partial charge in [-0.2, -0.15) is 0 Å². The maximum atomic E-state index is 13.7. The minimum atomic E-state index is -0.209. The fourth-order valence-electron chi connectivity index (χ4n) is 2.12. The van der Waals surface area contributed by atoms with Crippen LogP contribution in [0.25, 0.3) is 10.9 Å². The molecule has 0 fully saturated rings. The Balaban J connectivity index is 1.89. The average molecular weight is 331 g/mol. The Morgan fingerprint density at radius 2 is 1.95 bits per heavy atom. The van der Waals surface area contributed by atoms with Crippen LogP contribution < -0.4 is 5.32 Å². The summed E-state index contributed by atoms with van der Waals surface area (Å²) in [7, 11) is 0. The van der Waals surface area contributed by atoms with E-state index in [1.165, 1.54) is 6.07 Å². The molecule has 0 aliphatic heterocycles. The first-order valence-corrected chi connectivity index (χ1v) is 7.05. The molecule has 0 amide bonds. The summed E-state index contributed by atoms with van der Waals surface area (Å²) in [6.45, 7) is 0.430. The van der Waals surface area contributed by atoms with Gasteiger partial charge in [0.2, 0.25) is 0 Å². The molecule has 1 N–H and O–H groups in total. The molecule has 0 aliphatic rings. The van der Waals surface area contributed by atoms with E-state index in [1.807, 2.05) is 30.3 Å². The van der Waals surface area contributed by atoms with E-state index in [4.69, 9.17) is 0 Å². The Labute approximate surface area is 124 Å². The van der Waals surface area contributed by atoms with Crippen LogP contribution in [-0.2, 0) is 6.54 Å². The van der Waals surface area contributed by atoms with Crippen molar-refractivity contribution in [2.45, 2.75) is 6.54 Å². The van der Waals surface area contributed by atoms with E-state index < -0.39 is 0 Å². The van der Waals surface area contributed by atoms with Crippen LogP contribution in [0.4, 0.5) is 10.1 Å². The Kier molecular flexibility index (Phi) is 3.65. The van der Waals surface area contributed by atoms with Crippen molar-refractivity contribution in [3.63, 3.8) is 0 Å². The summed E-state index contributed by atoms with van der Waals surface area (Å²) in [5.41, 5.74) is 2.50. The van der Waals surface area contributed by atoms with Crippen molar-refractivity contribution in [1.29, 1.82) is 0 Å². The molecule has 2 nitrogen and oxygen atoms in total. The Bertz CT molecular complexity index is 753. The van der Waals surface area contributed by atoms with E-state index in [0.29, 0.717) is 12.1 Å². The van der Waals surface area contributed by atoms with Crippen molar-refractivity contribution in [3.8, 4) is 0 Å². The van der Waals surface area contributed by atoms with Crippen LogP contribution >= 0.6 is 15.9 Å². The largest absolute Gasteiger partial charge is 0.380 e. The molecule has 0 bridgehead atoms. The first-order chi connectivity index (χ1) is 9.74. The smallest absolute Gasteiger partial charge is 0.128 e. The SMILES string of the molecule is Fc1ccc(Br)cc1CNc1ccnc2ccccc12. The molecule has 0 spiro atoms. The van der Waals surface area contributed by atoms with Crippen LogP contribution in [0.5, 0.6) is 0 Å². The summed E-state index contributed by atoms with van der Waals surface area (Å²) >= 11 is 3.36. The molecule has 0 unspecified atom stereocenters. The van der Waals surface area contributed by atoms with Gasteiger partial charge in [-0.3, -0.25) is 4.98 Å². The van der Waals surface area contributed by atoms with Gasteiger partial charge in [-0.15, -0.1) is 0 Å². The minimum absolute atomic E-state index is 0.209. The lowest BCUT2D eigenvalue weighted by atomic mass is 10.1. The highest BCUT2D eigenvalue weighted by atomic mass is 79.9. The quantitative estimate of drug-likeness (QED) is 0.749. The van der Waals surface area contributed by atoms with Crippen molar-refractivity contribution >= 4 is 32.5 Å². The number of hydrogen-bond donors (Lipinski definition) is 1. The van der Waals surface area contributed by atoms with Crippen molar-refractivity contribution in [2.75, 3.05) is 5.32 Å². The molecular weight excluding hydrogens is 319 g/mol. The third kappa shape index (κ3) is 2.65. The van der Waals surface area contributed by atoms with Crippen molar-refractivity contribution < 1.29 is 4.39 Å². The van der Waals surface area contributed by atoms with Crippen molar-refractivity contribution in [1.82, 2.24) is 4.98 Å². The summed E-state index contributed by atoms with van der Waals surface area (Å²) in [5.74, 6) is -0.209. The maximum Gasteiger partial charge on any atom is 0.128 e. The van der Waals surface area contributed by atoms with Gasteiger partial charge in [0, 0.05) is 33.9 Å². The van der Waals surface area contributed by atoms with Gasteiger partial charge in [-0.05, 0) is 30.3 Å². The number of pyridine rings is 1. The van der Waals surface area contributed by atoms with Gasteiger partial charge in [-0.25, -0.2) is 4.39 Å². The Morgan fingerprint density at radius 1 is 1.10 bits per heavy atom. The number of hydrogen-bond acceptors (Lipinski definition) is 2. The van der Waals surface area contributed by atoms with Crippen LogP contribution in [-0.4, -0.2) is 4.98 Å². The third-order valence-corrected chi connectivity index (χ3v) is 3.62. The summed E-state index contributed by atoms with van der Waals surface area (Å²) in [4.78, 5) is 4.31. The van der Waals surface area contributed by atoms with Gasteiger partial charge in [0.05, 0.1) is 5.52 Å². The van der Waals surface area contributed by atoms with Gasteiger partial charge in [-0.1, -0.05) is 34.1 Å². The monoisotopic (exact) mass is 330 g/mol. The van der Waals surface area contributed by atoms with Gasteiger partial charge in [0.25, 0.3) is 0 Å². The van der Waals surface area contributed by atoms with Crippen molar-refractivity contribution in [3.05, 3.63) is 70.6 Å². The first-order valence-electron chi connectivity index (χ1n) is 6.25. The molecule has 2 aromatic carbocycles. The highest BCUT2D eigenvalue weighted by molar-refractivity contribution is 9.10. The van der Waals surface area contributed by atoms with E-state index in [2.05, 4.69) is 26.2 Å². The van der Waals surface area contributed by atoms with E-state index in [1.54, 1.807) is 18.3 Å². The van der Waals surface area contributed by atoms with E-state index >= 15 is 0 Å². The lowest BCUT2D eigenvalue weighted by Crippen LogP contribution is -2.02. The number of aromatic nitrogens is 1. The van der Waals surface area contributed by atoms with E-state index in [0.717, 1.165) is 21.1 Å².